The van der Waals surface area contributed by atoms with E-state index in [1.165, 1.54) is 12.4 Å². The standard InChI is InChI=1S/C11H6BrN5O2/c12-7-4-14-2-5-1-6-3-15-11(13)16-9(6)10(8(5)7)17(18)19/h1-4H,(H2,13,15,16). The number of hydrogen-bond donors (Lipinski definition) is 1. The Bertz CT molecular complexity index is 836. The molecule has 0 fully saturated rings. The maximum absolute atomic E-state index is 11.4. The van der Waals surface area contributed by atoms with Crippen LogP contribution in [0.4, 0.5) is 11.6 Å². The highest BCUT2D eigenvalue weighted by molar-refractivity contribution is 9.10. The van der Waals surface area contributed by atoms with Crippen molar-refractivity contribution in [1.29, 1.82) is 0 Å². The molecule has 0 aliphatic carbocycles. The van der Waals surface area contributed by atoms with E-state index in [0.717, 1.165) is 0 Å². The molecule has 0 unspecified atom stereocenters. The maximum Gasteiger partial charge on any atom is 0.304 e. The summed E-state index contributed by atoms with van der Waals surface area (Å²) in [7, 11) is 0. The Kier molecular flexibility index (Phi) is 2.53. The number of nitrogens with two attached hydrogens (primary N) is 1. The molecule has 2 heterocycles. The molecule has 2 aromatic heterocycles. The number of halogens is 1. The molecule has 2 N–H and O–H groups in total. The van der Waals surface area contributed by atoms with E-state index in [-0.39, 0.29) is 17.2 Å². The Morgan fingerprint density at radius 3 is 2.79 bits per heavy atom. The van der Waals surface area contributed by atoms with E-state index in [9.17, 15) is 10.1 Å². The average Bonchev–Trinajstić information content (AvgIpc) is 2.36. The van der Waals surface area contributed by atoms with Crippen molar-refractivity contribution in [3.63, 3.8) is 0 Å². The van der Waals surface area contributed by atoms with Gasteiger partial charge in [0.05, 0.1) is 14.8 Å². The lowest BCUT2D eigenvalue weighted by atomic mass is 10.1. The number of hydrogen-bond acceptors (Lipinski definition) is 6. The van der Waals surface area contributed by atoms with Crippen LogP contribution in [-0.4, -0.2) is 19.9 Å². The number of non-ortho nitro benzene ring substituents is 1. The van der Waals surface area contributed by atoms with Gasteiger partial charge < -0.3 is 5.73 Å². The topological polar surface area (TPSA) is 108 Å². The average molecular weight is 320 g/mol. The fourth-order valence-corrected chi connectivity index (χ4v) is 2.51. The van der Waals surface area contributed by atoms with Crippen molar-refractivity contribution >= 4 is 49.2 Å². The lowest BCUT2D eigenvalue weighted by molar-refractivity contribution is -0.381. The van der Waals surface area contributed by atoms with Crippen LogP contribution in [-0.2, 0) is 0 Å². The summed E-state index contributed by atoms with van der Waals surface area (Å²) >= 11 is 3.28. The van der Waals surface area contributed by atoms with Crippen molar-refractivity contribution in [1.82, 2.24) is 15.0 Å². The molecule has 0 saturated carbocycles. The Balaban J connectivity index is 2.63. The number of nitrogen functional groups attached to an aromatic ring is 1. The van der Waals surface area contributed by atoms with Gasteiger partial charge in [-0.05, 0) is 22.0 Å². The summed E-state index contributed by atoms with van der Waals surface area (Å²) in [5.41, 5.74) is 5.62. The quantitative estimate of drug-likeness (QED) is 0.419. The van der Waals surface area contributed by atoms with Gasteiger partial charge in [-0.25, -0.2) is 9.97 Å². The lowest BCUT2D eigenvalue weighted by Crippen LogP contribution is -1.99. The van der Waals surface area contributed by atoms with Crippen molar-refractivity contribution in [2.24, 2.45) is 0 Å². The summed E-state index contributed by atoms with van der Waals surface area (Å²) in [5, 5.41) is 13.0. The van der Waals surface area contributed by atoms with Gasteiger partial charge in [-0.3, -0.25) is 15.1 Å². The van der Waals surface area contributed by atoms with Crippen molar-refractivity contribution in [3.05, 3.63) is 39.2 Å². The number of fused-ring (bicyclic) bond motifs is 2. The number of pyridine rings is 1. The molecule has 8 heteroatoms. The van der Waals surface area contributed by atoms with Crippen LogP contribution in [0, 0.1) is 10.1 Å². The van der Waals surface area contributed by atoms with Crippen molar-refractivity contribution < 1.29 is 4.92 Å². The van der Waals surface area contributed by atoms with Gasteiger partial charge in [0.1, 0.15) is 0 Å². The first-order chi connectivity index (χ1) is 9.08. The highest BCUT2D eigenvalue weighted by atomic mass is 79.9. The number of nitrogens with zero attached hydrogens (tertiary/aromatic N) is 4. The van der Waals surface area contributed by atoms with E-state index < -0.39 is 4.92 Å². The third-order valence-corrected chi connectivity index (χ3v) is 3.32. The van der Waals surface area contributed by atoms with Crippen molar-refractivity contribution in [2.75, 3.05) is 5.73 Å². The zero-order valence-corrected chi connectivity index (χ0v) is 11.0. The van der Waals surface area contributed by atoms with E-state index in [4.69, 9.17) is 5.73 Å². The van der Waals surface area contributed by atoms with Gasteiger partial charge in [-0.2, -0.15) is 0 Å². The number of anilines is 1. The van der Waals surface area contributed by atoms with E-state index >= 15 is 0 Å². The van der Waals surface area contributed by atoms with Crippen molar-refractivity contribution in [3.8, 4) is 0 Å². The largest absolute Gasteiger partial charge is 0.368 e. The smallest absolute Gasteiger partial charge is 0.304 e. The first kappa shape index (κ1) is 11.7. The summed E-state index contributed by atoms with van der Waals surface area (Å²) in [6, 6.07) is 1.74. The fraction of sp³-hybridized carbons (Fsp3) is 0. The van der Waals surface area contributed by atoms with Crippen LogP contribution < -0.4 is 5.73 Å². The minimum Gasteiger partial charge on any atom is -0.368 e. The molecule has 0 bridgehead atoms. The number of rotatable bonds is 1. The van der Waals surface area contributed by atoms with Gasteiger partial charge in [0, 0.05) is 29.4 Å². The van der Waals surface area contributed by atoms with Gasteiger partial charge in [0.25, 0.3) is 0 Å². The summed E-state index contributed by atoms with van der Waals surface area (Å²) in [6.07, 6.45) is 4.53. The van der Waals surface area contributed by atoms with Crippen LogP contribution in [0.15, 0.2) is 29.1 Å². The van der Waals surface area contributed by atoms with Crippen LogP contribution in [0.5, 0.6) is 0 Å². The van der Waals surface area contributed by atoms with E-state index in [1.54, 1.807) is 12.3 Å². The molecular weight excluding hydrogens is 314 g/mol. The number of benzene rings is 1. The first-order valence-corrected chi connectivity index (χ1v) is 6.00. The Morgan fingerprint density at radius 1 is 1.26 bits per heavy atom. The lowest BCUT2D eigenvalue weighted by Gasteiger charge is -2.05. The molecule has 3 aromatic rings. The molecule has 0 atom stereocenters. The van der Waals surface area contributed by atoms with Crippen LogP contribution in [0.25, 0.3) is 21.7 Å². The monoisotopic (exact) mass is 319 g/mol. The summed E-state index contributed by atoms with van der Waals surface area (Å²) in [6.45, 7) is 0. The molecule has 0 radical (unpaired) electrons. The Labute approximate surface area is 114 Å². The normalized spacial score (nSPS) is 11.0. The SMILES string of the molecule is Nc1ncc2cc3cncc(Br)c3c([N+](=O)[O-])c2n1. The number of nitro groups is 1. The van der Waals surface area contributed by atoms with E-state index in [0.29, 0.717) is 20.6 Å². The van der Waals surface area contributed by atoms with Crippen LogP contribution in [0.2, 0.25) is 0 Å². The molecule has 0 spiro atoms. The number of aromatic nitrogens is 3. The first-order valence-electron chi connectivity index (χ1n) is 5.21. The van der Waals surface area contributed by atoms with E-state index in [2.05, 4.69) is 30.9 Å². The van der Waals surface area contributed by atoms with Gasteiger partial charge in [0.2, 0.25) is 5.95 Å². The molecule has 0 saturated heterocycles. The van der Waals surface area contributed by atoms with E-state index in [1.807, 2.05) is 0 Å². The summed E-state index contributed by atoms with van der Waals surface area (Å²) in [5.74, 6) is 0.000119. The molecule has 7 nitrogen and oxygen atoms in total. The third-order valence-electron chi connectivity index (χ3n) is 2.72. The molecule has 19 heavy (non-hydrogen) atoms. The Hall–Kier alpha value is -2.35. The highest BCUT2D eigenvalue weighted by Gasteiger charge is 2.21. The second-order valence-corrected chi connectivity index (χ2v) is 4.72. The molecule has 0 amide bonds. The second kappa shape index (κ2) is 4.09. The molecule has 0 aliphatic heterocycles. The van der Waals surface area contributed by atoms with Gasteiger partial charge >= 0.3 is 5.69 Å². The minimum atomic E-state index is -0.470. The van der Waals surface area contributed by atoms with Crippen LogP contribution >= 0.6 is 15.9 Å². The van der Waals surface area contributed by atoms with Gasteiger partial charge in [0.15, 0.2) is 5.52 Å². The van der Waals surface area contributed by atoms with Crippen LogP contribution in [0.3, 0.4) is 0 Å². The van der Waals surface area contributed by atoms with Crippen molar-refractivity contribution in [2.45, 2.75) is 0 Å². The highest BCUT2D eigenvalue weighted by Crippen LogP contribution is 2.36. The number of nitro benzene ring substituents is 1. The molecule has 1 aromatic carbocycles. The maximum atomic E-state index is 11.4. The third kappa shape index (κ3) is 1.76. The second-order valence-electron chi connectivity index (χ2n) is 3.87. The zero-order chi connectivity index (χ0) is 13.6. The Morgan fingerprint density at radius 2 is 2.05 bits per heavy atom. The minimum absolute atomic E-state index is 0.000119. The summed E-state index contributed by atoms with van der Waals surface area (Å²) < 4.78 is 0.538. The fourth-order valence-electron chi connectivity index (χ4n) is 1.97. The van der Waals surface area contributed by atoms with Gasteiger partial charge in [-0.15, -0.1) is 0 Å². The zero-order valence-electron chi connectivity index (χ0n) is 9.37. The molecule has 0 aliphatic rings. The summed E-state index contributed by atoms with van der Waals surface area (Å²) in [4.78, 5) is 22.7. The predicted molar refractivity (Wildman–Crippen MR) is 73.6 cm³/mol. The molecule has 94 valence electrons. The van der Waals surface area contributed by atoms with Crippen LogP contribution in [0.1, 0.15) is 0 Å². The van der Waals surface area contributed by atoms with Gasteiger partial charge in [-0.1, -0.05) is 0 Å². The predicted octanol–water partition coefficient (Wildman–Crippen LogP) is 2.43. The molecular formula is C11H6BrN5O2. The molecule has 3 rings (SSSR count).